The lowest BCUT2D eigenvalue weighted by Crippen LogP contribution is -1.72. The molecule has 0 saturated heterocycles. The summed E-state index contributed by atoms with van der Waals surface area (Å²) in [5, 5.41) is 10.9. The van der Waals surface area contributed by atoms with Gasteiger partial charge in [-0.05, 0) is 12.1 Å². The fourth-order valence-corrected chi connectivity index (χ4v) is 2.27. The van der Waals surface area contributed by atoms with Crippen LogP contribution in [0.5, 0.6) is 5.75 Å². The first kappa shape index (κ1) is 7.89. The number of hydrogen-bond donors (Lipinski definition) is 2. The van der Waals surface area contributed by atoms with E-state index in [1.165, 1.54) is 22.8 Å². The lowest BCUT2D eigenvalue weighted by Gasteiger charge is -1.96. The Morgan fingerprint density at radius 1 is 1.42 bits per heavy atom. The Kier molecular flexibility index (Phi) is 1.73. The number of phenols is 1. The van der Waals surface area contributed by atoms with Crippen LogP contribution in [0, 0.1) is 5.82 Å². The highest BCUT2D eigenvalue weighted by atomic mass is 32.1. The van der Waals surface area contributed by atoms with E-state index >= 15 is 0 Å². The van der Waals surface area contributed by atoms with E-state index in [4.69, 9.17) is 0 Å². The first-order valence-corrected chi connectivity index (χ1v) is 4.60. The minimum Gasteiger partial charge on any atom is -0.507 e. The highest BCUT2D eigenvalue weighted by molar-refractivity contribution is 7.80. The predicted octanol–water partition coefficient (Wildman–Crippen LogP) is 3.03. The van der Waals surface area contributed by atoms with Crippen LogP contribution in [0.25, 0.3) is 10.1 Å². The number of aromatic hydroxyl groups is 1. The molecule has 0 unspecified atom stereocenters. The summed E-state index contributed by atoms with van der Waals surface area (Å²) < 4.78 is 13.7. The van der Waals surface area contributed by atoms with Crippen LogP contribution in [0.2, 0.25) is 0 Å². The maximum absolute atomic E-state index is 13.0. The second-order valence-electron chi connectivity index (χ2n) is 2.39. The zero-order valence-electron chi connectivity index (χ0n) is 5.91. The fraction of sp³-hybridized carbons (Fsp3) is 0. The molecular formula is C8H5FOS2. The summed E-state index contributed by atoms with van der Waals surface area (Å²) in [5.41, 5.74) is 0. The topological polar surface area (TPSA) is 20.2 Å². The lowest BCUT2D eigenvalue weighted by molar-refractivity contribution is 0.478. The van der Waals surface area contributed by atoms with Crippen molar-refractivity contribution in [2.45, 2.75) is 4.90 Å². The van der Waals surface area contributed by atoms with Crippen molar-refractivity contribution < 1.29 is 9.50 Å². The summed E-state index contributed by atoms with van der Waals surface area (Å²) in [7, 11) is 0. The molecule has 0 atom stereocenters. The average molecular weight is 200 g/mol. The van der Waals surface area contributed by atoms with Crippen molar-refractivity contribution in [3.05, 3.63) is 23.3 Å². The van der Waals surface area contributed by atoms with Crippen molar-refractivity contribution in [1.82, 2.24) is 0 Å². The molecule has 0 spiro atoms. The Morgan fingerprint density at radius 3 is 2.83 bits per heavy atom. The second-order valence-corrected chi connectivity index (χ2v) is 3.75. The molecule has 0 radical (unpaired) electrons. The molecule has 1 aromatic heterocycles. The first-order chi connectivity index (χ1) is 5.70. The van der Waals surface area contributed by atoms with E-state index in [1.54, 1.807) is 6.07 Å². The highest BCUT2D eigenvalue weighted by Crippen LogP contribution is 2.35. The van der Waals surface area contributed by atoms with E-state index < -0.39 is 0 Å². The van der Waals surface area contributed by atoms with Gasteiger partial charge in [0, 0.05) is 10.3 Å². The lowest BCUT2D eigenvalue weighted by atomic mass is 10.2. The molecule has 0 aliphatic heterocycles. The van der Waals surface area contributed by atoms with Gasteiger partial charge >= 0.3 is 0 Å². The van der Waals surface area contributed by atoms with Gasteiger partial charge in [-0.15, -0.1) is 24.0 Å². The standard InChI is InChI=1S/C8H5FOS2/c9-4-3-12-8-6(11)2-1-5(10)7(4)8/h1-3,10-11H. The van der Waals surface area contributed by atoms with Crippen LogP contribution in [0.3, 0.4) is 0 Å². The largest absolute Gasteiger partial charge is 0.507 e. The van der Waals surface area contributed by atoms with Crippen LogP contribution < -0.4 is 0 Å². The third kappa shape index (κ3) is 0.990. The van der Waals surface area contributed by atoms with Gasteiger partial charge in [-0.2, -0.15) is 0 Å². The Labute approximate surface area is 77.9 Å². The summed E-state index contributed by atoms with van der Waals surface area (Å²) >= 11 is 5.39. The Hall–Kier alpha value is -0.740. The first-order valence-electron chi connectivity index (χ1n) is 3.28. The number of thiol groups is 1. The third-order valence-corrected chi connectivity index (χ3v) is 3.14. The van der Waals surface area contributed by atoms with Crippen LogP contribution in [-0.4, -0.2) is 5.11 Å². The van der Waals surface area contributed by atoms with Crippen molar-refractivity contribution in [3.63, 3.8) is 0 Å². The van der Waals surface area contributed by atoms with Crippen molar-refractivity contribution >= 4 is 34.1 Å². The molecule has 1 aromatic carbocycles. The van der Waals surface area contributed by atoms with Gasteiger partial charge in [-0.1, -0.05) is 0 Å². The van der Waals surface area contributed by atoms with Gasteiger partial charge in [0.05, 0.1) is 10.1 Å². The van der Waals surface area contributed by atoms with Crippen molar-refractivity contribution in [2.24, 2.45) is 0 Å². The van der Waals surface area contributed by atoms with Gasteiger partial charge in [-0.25, -0.2) is 4.39 Å². The molecule has 1 N–H and O–H groups in total. The van der Waals surface area contributed by atoms with Gasteiger partial charge in [0.15, 0.2) is 0 Å². The number of phenolic OH excluding ortho intramolecular Hbond substituents is 1. The molecule has 0 fully saturated rings. The smallest absolute Gasteiger partial charge is 0.145 e. The van der Waals surface area contributed by atoms with Crippen LogP contribution in [-0.2, 0) is 0 Å². The number of rotatable bonds is 0. The summed E-state index contributed by atoms with van der Waals surface area (Å²) in [4.78, 5) is 0.691. The molecule has 2 rings (SSSR count). The Balaban J connectivity index is 2.98. The molecule has 4 heteroatoms. The molecule has 0 aliphatic rings. The molecule has 0 bridgehead atoms. The van der Waals surface area contributed by atoms with E-state index in [2.05, 4.69) is 12.6 Å². The molecular weight excluding hydrogens is 195 g/mol. The maximum Gasteiger partial charge on any atom is 0.145 e. The van der Waals surface area contributed by atoms with Crippen molar-refractivity contribution in [1.29, 1.82) is 0 Å². The van der Waals surface area contributed by atoms with Crippen molar-refractivity contribution in [3.8, 4) is 5.75 Å². The number of hydrogen-bond acceptors (Lipinski definition) is 3. The van der Waals surface area contributed by atoms with Gasteiger partial charge in [0.1, 0.15) is 11.6 Å². The minimum atomic E-state index is -0.386. The number of benzene rings is 1. The zero-order valence-corrected chi connectivity index (χ0v) is 7.62. The van der Waals surface area contributed by atoms with E-state index in [1.807, 2.05) is 0 Å². The maximum atomic E-state index is 13.0. The molecule has 62 valence electrons. The number of thiophene rings is 1. The third-order valence-electron chi connectivity index (χ3n) is 1.63. The van der Waals surface area contributed by atoms with Gasteiger partial charge in [0.25, 0.3) is 0 Å². The molecule has 0 amide bonds. The van der Waals surface area contributed by atoms with Crippen LogP contribution >= 0.6 is 24.0 Å². The summed E-state index contributed by atoms with van der Waals surface area (Å²) in [6.07, 6.45) is 0. The predicted molar refractivity (Wildman–Crippen MR) is 50.7 cm³/mol. The fourth-order valence-electron chi connectivity index (χ4n) is 1.08. The van der Waals surface area contributed by atoms with Crippen LogP contribution in [0.1, 0.15) is 0 Å². The molecule has 2 aromatic rings. The summed E-state index contributed by atoms with van der Waals surface area (Å²) in [6, 6.07) is 3.09. The van der Waals surface area contributed by atoms with Crippen molar-refractivity contribution in [2.75, 3.05) is 0 Å². The molecule has 0 saturated carbocycles. The molecule has 12 heavy (non-hydrogen) atoms. The number of halogens is 1. The SMILES string of the molecule is Oc1ccc(S)c2scc(F)c12. The summed E-state index contributed by atoms with van der Waals surface area (Å²) in [5.74, 6) is -0.412. The second kappa shape index (κ2) is 2.64. The highest BCUT2D eigenvalue weighted by Gasteiger charge is 2.09. The number of fused-ring (bicyclic) bond motifs is 1. The van der Waals surface area contributed by atoms with Gasteiger partial charge < -0.3 is 5.11 Å². The Morgan fingerprint density at radius 2 is 2.17 bits per heavy atom. The molecule has 1 nitrogen and oxygen atoms in total. The van der Waals surface area contributed by atoms with E-state index in [-0.39, 0.29) is 17.0 Å². The van der Waals surface area contributed by atoms with Crippen LogP contribution in [0.15, 0.2) is 22.4 Å². The molecule has 0 aliphatic carbocycles. The Bertz CT molecular complexity index is 436. The van der Waals surface area contributed by atoms with E-state index in [9.17, 15) is 9.50 Å². The quantitative estimate of drug-likeness (QED) is 0.626. The average Bonchev–Trinajstić information content (AvgIpc) is 2.42. The van der Waals surface area contributed by atoms with E-state index in [0.29, 0.717) is 9.60 Å². The minimum absolute atomic E-state index is 0.0263. The zero-order chi connectivity index (χ0) is 8.72. The van der Waals surface area contributed by atoms with Gasteiger partial charge in [-0.3, -0.25) is 0 Å². The molecule has 1 heterocycles. The monoisotopic (exact) mass is 200 g/mol. The normalized spacial score (nSPS) is 10.8. The van der Waals surface area contributed by atoms with Gasteiger partial charge in [0.2, 0.25) is 0 Å². The summed E-state index contributed by atoms with van der Waals surface area (Å²) in [6.45, 7) is 0. The van der Waals surface area contributed by atoms with E-state index in [0.717, 1.165) is 0 Å². The van der Waals surface area contributed by atoms with Crippen LogP contribution in [0.4, 0.5) is 4.39 Å².